The van der Waals surface area contributed by atoms with E-state index in [0.29, 0.717) is 30.1 Å². The lowest BCUT2D eigenvalue weighted by Crippen LogP contribution is -2.27. The normalized spacial score (nSPS) is 10.8. The number of nitrogens with zero attached hydrogens (tertiary/aromatic N) is 2. The van der Waals surface area contributed by atoms with E-state index in [4.69, 9.17) is 20.8 Å². The van der Waals surface area contributed by atoms with Crippen molar-refractivity contribution in [2.24, 2.45) is 0 Å². The highest BCUT2D eigenvalue weighted by Crippen LogP contribution is 2.21. The molecule has 40 heavy (non-hydrogen) atoms. The van der Waals surface area contributed by atoms with Crippen molar-refractivity contribution in [3.63, 3.8) is 0 Å². The first kappa shape index (κ1) is 28.4. The average molecular weight is 573 g/mol. The van der Waals surface area contributed by atoms with E-state index in [1.807, 2.05) is 30.3 Å². The highest BCUT2D eigenvalue weighted by atomic mass is 35.5. The molecule has 0 spiro atoms. The number of amides is 3. The predicted molar refractivity (Wildman–Crippen MR) is 138 cm³/mol. The Bertz CT molecular complexity index is 1530. The molecule has 2 aromatic carbocycles. The van der Waals surface area contributed by atoms with Crippen molar-refractivity contribution in [2.75, 3.05) is 11.9 Å². The number of hydrogen-bond donors (Lipinski definition) is 4. The second-order valence-electron chi connectivity index (χ2n) is 8.42. The Morgan fingerprint density at radius 3 is 2.55 bits per heavy atom. The standard InChI is InChI=1S/C26H23ClF2N6O5/c1-14-21(40-24(32-14)13-39-12-23(36)30-10-15-5-3-2-4-6-15)11-31-26(38)20-9-22(35-34-20)33-25(37)16-7-18(28)19(29)8-17(16)27/h2-9H,10-13H2,1H3,(H,30,36)(H,31,38)(H2,33,34,35,37). The topological polar surface area (TPSA) is 151 Å². The van der Waals surface area contributed by atoms with Crippen LogP contribution in [0.4, 0.5) is 14.6 Å². The zero-order valence-corrected chi connectivity index (χ0v) is 21.8. The molecule has 0 saturated carbocycles. The van der Waals surface area contributed by atoms with Crippen LogP contribution >= 0.6 is 11.6 Å². The summed E-state index contributed by atoms with van der Waals surface area (Å²) in [5, 5.41) is 13.7. The first-order valence-electron chi connectivity index (χ1n) is 11.8. The summed E-state index contributed by atoms with van der Waals surface area (Å²) in [6.45, 7) is 1.84. The van der Waals surface area contributed by atoms with Gasteiger partial charge in [0.15, 0.2) is 17.5 Å². The second kappa shape index (κ2) is 13.0. The van der Waals surface area contributed by atoms with Gasteiger partial charge in [-0.1, -0.05) is 41.9 Å². The number of aromatic nitrogens is 3. The van der Waals surface area contributed by atoms with Gasteiger partial charge in [0.1, 0.15) is 24.7 Å². The fraction of sp³-hybridized carbons (Fsp3) is 0.192. The number of benzene rings is 2. The molecule has 0 aliphatic rings. The Hall–Kier alpha value is -4.62. The van der Waals surface area contributed by atoms with Gasteiger partial charge in [-0.3, -0.25) is 19.5 Å². The lowest BCUT2D eigenvalue weighted by atomic mass is 10.2. The van der Waals surface area contributed by atoms with Crippen LogP contribution in [0, 0.1) is 18.6 Å². The molecule has 0 fully saturated rings. The number of H-pyrrole nitrogens is 1. The molecule has 0 atom stereocenters. The number of carbonyl (C=O) groups is 3. The first-order valence-corrected chi connectivity index (χ1v) is 12.2. The summed E-state index contributed by atoms with van der Waals surface area (Å²) in [5.74, 6) is -3.56. The molecule has 0 unspecified atom stereocenters. The number of carbonyl (C=O) groups excluding carboxylic acids is 3. The zero-order valence-electron chi connectivity index (χ0n) is 21.0. The number of hydrogen-bond acceptors (Lipinski definition) is 7. The Labute approximate surface area is 231 Å². The van der Waals surface area contributed by atoms with E-state index in [-0.39, 0.29) is 53.7 Å². The van der Waals surface area contributed by atoms with Crippen LogP contribution in [-0.4, -0.2) is 39.5 Å². The van der Waals surface area contributed by atoms with Crippen LogP contribution in [0.3, 0.4) is 0 Å². The van der Waals surface area contributed by atoms with E-state index in [1.54, 1.807) is 6.92 Å². The van der Waals surface area contributed by atoms with Gasteiger partial charge in [-0.15, -0.1) is 0 Å². The summed E-state index contributed by atoms with van der Waals surface area (Å²) in [6.07, 6.45) is 0. The SMILES string of the molecule is Cc1nc(COCC(=O)NCc2ccccc2)oc1CNC(=O)c1cc(NC(=O)c2cc(F)c(F)cc2Cl)n[nH]1. The first-order chi connectivity index (χ1) is 19.2. The third kappa shape index (κ3) is 7.48. The van der Waals surface area contributed by atoms with Gasteiger partial charge in [0.2, 0.25) is 11.8 Å². The fourth-order valence-electron chi connectivity index (χ4n) is 3.43. The van der Waals surface area contributed by atoms with E-state index >= 15 is 0 Å². The Balaban J connectivity index is 1.23. The van der Waals surface area contributed by atoms with Crippen LogP contribution in [0.15, 0.2) is 52.9 Å². The summed E-state index contributed by atoms with van der Waals surface area (Å²) >= 11 is 5.81. The number of aromatic amines is 1. The van der Waals surface area contributed by atoms with Crippen LogP contribution in [0.5, 0.6) is 0 Å². The van der Waals surface area contributed by atoms with Crippen molar-refractivity contribution in [2.45, 2.75) is 26.6 Å². The largest absolute Gasteiger partial charge is 0.441 e. The lowest BCUT2D eigenvalue weighted by Gasteiger charge is -2.05. The van der Waals surface area contributed by atoms with Crippen molar-refractivity contribution < 1.29 is 32.3 Å². The molecule has 0 bridgehead atoms. The molecule has 0 aliphatic heterocycles. The third-order valence-electron chi connectivity index (χ3n) is 5.46. The quantitative estimate of drug-likeness (QED) is 0.200. The van der Waals surface area contributed by atoms with Crippen molar-refractivity contribution in [1.29, 1.82) is 0 Å². The summed E-state index contributed by atoms with van der Waals surface area (Å²) in [4.78, 5) is 41.1. The van der Waals surface area contributed by atoms with E-state index < -0.39 is 23.4 Å². The molecule has 4 N–H and O–H groups in total. The molecule has 208 valence electrons. The molecular formula is C26H23ClF2N6O5. The Morgan fingerprint density at radius 1 is 1.02 bits per heavy atom. The monoisotopic (exact) mass is 572 g/mol. The van der Waals surface area contributed by atoms with Gasteiger partial charge >= 0.3 is 0 Å². The minimum Gasteiger partial charge on any atom is -0.441 e. The van der Waals surface area contributed by atoms with Crippen LogP contribution < -0.4 is 16.0 Å². The maximum Gasteiger partial charge on any atom is 0.269 e. The van der Waals surface area contributed by atoms with Crippen LogP contribution in [0.2, 0.25) is 5.02 Å². The summed E-state index contributed by atoms with van der Waals surface area (Å²) < 4.78 is 37.7. The van der Waals surface area contributed by atoms with Crippen molar-refractivity contribution in [3.8, 4) is 0 Å². The second-order valence-corrected chi connectivity index (χ2v) is 8.83. The van der Waals surface area contributed by atoms with Gasteiger partial charge in [0.05, 0.1) is 22.8 Å². The number of aryl methyl sites for hydroxylation is 1. The number of halogens is 3. The van der Waals surface area contributed by atoms with Gasteiger partial charge in [-0.25, -0.2) is 13.8 Å². The van der Waals surface area contributed by atoms with Gasteiger partial charge in [-0.05, 0) is 24.6 Å². The molecule has 11 nitrogen and oxygen atoms in total. The van der Waals surface area contributed by atoms with Gasteiger partial charge in [-0.2, -0.15) is 5.10 Å². The van der Waals surface area contributed by atoms with Gasteiger partial charge in [0, 0.05) is 12.6 Å². The molecular weight excluding hydrogens is 550 g/mol. The number of nitrogens with one attached hydrogen (secondary N) is 4. The number of rotatable bonds is 11. The average Bonchev–Trinajstić information content (AvgIpc) is 3.54. The molecule has 2 heterocycles. The minimum atomic E-state index is -1.24. The zero-order chi connectivity index (χ0) is 28.6. The molecule has 4 aromatic rings. The Morgan fingerprint density at radius 2 is 1.77 bits per heavy atom. The maximum absolute atomic E-state index is 13.5. The molecule has 2 aromatic heterocycles. The molecule has 0 aliphatic carbocycles. The highest BCUT2D eigenvalue weighted by Gasteiger charge is 2.18. The van der Waals surface area contributed by atoms with E-state index in [1.165, 1.54) is 6.07 Å². The predicted octanol–water partition coefficient (Wildman–Crippen LogP) is 3.65. The summed E-state index contributed by atoms with van der Waals surface area (Å²) in [6, 6.07) is 12.0. The Kier molecular flexibility index (Phi) is 9.19. The fourth-order valence-corrected chi connectivity index (χ4v) is 3.67. The van der Waals surface area contributed by atoms with Crippen molar-refractivity contribution in [1.82, 2.24) is 25.8 Å². The molecule has 4 rings (SSSR count). The maximum atomic E-state index is 13.5. The molecule has 0 radical (unpaired) electrons. The number of ether oxygens (including phenoxy) is 1. The molecule has 0 saturated heterocycles. The number of anilines is 1. The van der Waals surface area contributed by atoms with Gasteiger partial charge in [0.25, 0.3) is 11.8 Å². The minimum absolute atomic E-state index is 0.00826. The molecule has 14 heteroatoms. The lowest BCUT2D eigenvalue weighted by molar-refractivity contribution is -0.126. The van der Waals surface area contributed by atoms with Crippen molar-refractivity contribution >= 4 is 35.1 Å². The third-order valence-corrected chi connectivity index (χ3v) is 5.77. The highest BCUT2D eigenvalue weighted by molar-refractivity contribution is 6.34. The van der Waals surface area contributed by atoms with Crippen LogP contribution in [0.1, 0.15) is 43.8 Å². The van der Waals surface area contributed by atoms with E-state index in [2.05, 4.69) is 31.1 Å². The van der Waals surface area contributed by atoms with E-state index in [0.717, 1.165) is 5.56 Å². The number of oxazole rings is 1. The van der Waals surface area contributed by atoms with Crippen LogP contribution in [-0.2, 0) is 29.2 Å². The van der Waals surface area contributed by atoms with Gasteiger partial charge < -0.3 is 25.1 Å². The smallest absolute Gasteiger partial charge is 0.269 e. The summed E-state index contributed by atoms with van der Waals surface area (Å²) in [7, 11) is 0. The molecule has 3 amide bonds. The van der Waals surface area contributed by atoms with Crippen LogP contribution in [0.25, 0.3) is 0 Å². The van der Waals surface area contributed by atoms with Crippen molar-refractivity contribution in [3.05, 3.63) is 99.4 Å². The van der Waals surface area contributed by atoms with E-state index in [9.17, 15) is 23.2 Å². The summed E-state index contributed by atoms with van der Waals surface area (Å²) in [5.41, 5.74) is 1.19.